The van der Waals surface area contributed by atoms with Gasteiger partial charge in [0.05, 0.1) is 24.0 Å². The van der Waals surface area contributed by atoms with Gasteiger partial charge in [-0.1, -0.05) is 42.5 Å². The molecule has 0 unspecified atom stereocenters. The number of aromatic carboxylic acids is 1. The van der Waals surface area contributed by atoms with Crippen molar-refractivity contribution in [3.63, 3.8) is 0 Å². The molecule has 0 aliphatic heterocycles. The molecular weight excluding hydrogens is 334 g/mol. The fourth-order valence-electron chi connectivity index (χ4n) is 1.76. The molecule has 0 fully saturated rings. The summed E-state index contributed by atoms with van der Waals surface area (Å²) in [5.74, 6) is -1.87. The van der Waals surface area contributed by atoms with E-state index < -0.39 is 22.0 Å². The maximum Gasteiger partial charge on any atom is 0.338 e. The highest BCUT2D eigenvalue weighted by atomic mass is 32.2. The molecule has 0 bridgehead atoms. The van der Waals surface area contributed by atoms with E-state index in [0.717, 1.165) is 5.56 Å². The Morgan fingerprint density at radius 1 is 1.00 bits per heavy atom. The number of carboxylic acid groups (broad SMARTS) is 1. The van der Waals surface area contributed by atoms with Gasteiger partial charge in [-0.2, -0.15) is 0 Å². The maximum atomic E-state index is 11.1. The molecule has 8 heteroatoms. The topological polar surface area (TPSA) is 124 Å². The summed E-state index contributed by atoms with van der Waals surface area (Å²) in [4.78, 5) is 21.7. The molecule has 3 N–H and O–H groups in total. The van der Waals surface area contributed by atoms with Crippen LogP contribution in [0.2, 0.25) is 0 Å². The number of hydrogen-bond acceptors (Lipinski definition) is 5. The number of primary sulfonamides is 1. The first-order valence-electron chi connectivity index (χ1n) is 6.69. The SMILES string of the molecule is COC(=O)c1ccccc1C(=O)O.NS(=O)(=O)Cc1ccccc1. The van der Waals surface area contributed by atoms with Gasteiger partial charge in [0.15, 0.2) is 0 Å². The van der Waals surface area contributed by atoms with Crippen LogP contribution in [0.1, 0.15) is 26.3 Å². The zero-order chi connectivity index (χ0) is 18.2. The van der Waals surface area contributed by atoms with Gasteiger partial charge in [0.25, 0.3) is 0 Å². The Balaban J connectivity index is 0.000000243. The summed E-state index contributed by atoms with van der Waals surface area (Å²) in [6.07, 6.45) is 0. The van der Waals surface area contributed by atoms with Gasteiger partial charge >= 0.3 is 11.9 Å². The molecule has 0 aliphatic rings. The molecule has 0 aromatic heterocycles. The number of carbonyl (C=O) groups is 2. The highest BCUT2D eigenvalue weighted by Gasteiger charge is 2.15. The number of carboxylic acids is 1. The number of sulfonamides is 1. The lowest BCUT2D eigenvalue weighted by Gasteiger charge is -2.02. The Bertz CT molecular complexity index is 802. The molecule has 0 aliphatic carbocycles. The van der Waals surface area contributed by atoms with E-state index in [4.69, 9.17) is 10.2 Å². The Kier molecular flexibility index (Phi) is 7.09. The van der Waals surface area contributed by atoms with Gasteiger partial charge in [0.1, 0.15) is 0 Å². The number of carbonyl (C=O) groups excluding carboxylic acids is 1. The van der Waals surface area contributed by atoms with Gasteiger partial charge in [-0.15, -0.1) is 0 Å². The van der Waals surface area contributed by atoms with Crippen molar-refractivity contribution < 1.29 is 27.9 Å². The average Bonchev–Trinajstić information content (AvgIpc) is 2.54. The summed E-state index contributed by atoms with van der Waals surface area (Å²) in [5, 5.41) is 13.5. The van der Waals surface area contributed by atoms with Crippen molar-refractivity contribution in [3.8, 4) is 0 Å². The molecule has 0 saturated heterocycles. The molecule has 2 aromatic rings. The fourth-order valence-corrected chi connectivity index (χ4v) is 2.42. The monoisotopic (exact) mass is 351 g/mol. The zero-order valence-electron chi connectivity index (χ0n) is 12.9. The first-order valence-corrected chi connectivity index (χ1v) is 8.41. The largest absolute Gasteiger partial charge is 0.478 e. The Morgan fingerprint density at radius 2 is 1.50 bits per heavy atom. The number of esters is 1. The van der Waals surface area contributed by atoms with Gasteiger partial charge in [0, 0.05) is 0 Å². The second kappa shape index (κ2) is 8.80. The fraction of sp³-hybridized carbons (Fsp3) is 0.125. The lowest BCUT2D eigenvalue weighted by Crippen LogP contribution is -2.14. The van der Waals surface area contributed by atoms with E-state index in [-0.39, 0.29) is 16.9 Å². The summed E-state index contributed by atoms with van der Waals surface area (Å²) in [6.45, 7) is 0. The number of benzene rings is 2. The van der Waals surface area contributed by atoms with Crippen LogP contribution in [0.15, 0.2) is 54.6 Å². The lowest BCUT2D eigenvalue weighted by molar-refractivity contribution is 0.0582. The summed E-state index contributed by atoms with van der Waals surface area (Å²) < 4.78 is 25.6. The third-order valence-corrected chi connectivity index (χ3v) is 3.51. The predicted octanol–water partition coefficient (Wildman–Crippen LogP) is 1.65. The minimum Gasteiger partial charge on any atom is -0.478 e. The van der Waals surface area contributed by atoms with E-state index in [0.29, 0.717) is 0 Å². The number of rotatable bonds is 4. The van der Waals surface area contributed by atoms with Gasteiger partial charge in [-0.25, -0.2) is 23.1 Å². The maximum absolute atomic E-state index is 11.1. The second-order valence-electron chi connectivity index (χ2n) is 4.64. The summed E-state index contributed by atoms with van der Waals surface area (Å²) >= 11 is 0. The molecule has 2 aromatic carbocycles. The molecule has 0 heterocycles. The Morgan fingerprint density at radius 3 is 1.96 bits per heavy atom. The van der Waals surface area contributed by atoms with Crippen LogP contribution in [0.5, 0.6) is 0 Å². The van der Waals surface area contributed by atoms with Crippen LogP contribution in [0.25, 0.3) is 0 Å². The van der Waals surface area contributed by atoms with E-state index in [2.05, 4.69) is 4.74 Å². The van der Waals surface area contributed by atoms with E-state index in [1.807, 2.05) is 6.07 Å². The van der Waals surface area contributed by atoms with Crippen LogP contribution in [0.3, 0.4) is 0 Å². The summed E-state index contributed by atoms with van der Waals surface area (Å²) in [7, 11) is -2.17. The molecule has 0 saturated carbocycles. The van der Waals surface area contributed by atoms with Crippen LogP contribution in [0, 0.1) is 0 Å². The first-order chi connectivity index (χ1) is 11.2. The minimum absolute atomic E-state index is 0.0469. The summed E-state index contributed by atoms with van der Waals surface area (Å²) in [5.41, 5.74) is 0.738. The number of hydrogen-bond donors (Lipinski definition) is 2. The normalized spacial score (nSPS) is 10.2. The Hall–Kier alpha value is -2.71. The van der Waals surface area contributed by atoms with Crippen LogP contribution in [-0.4, -0.2) is 32.6 Å². The highest BCUT2D eigenvalue weighted by molar-refractivity contribution is 7.88. The summed E-state index contributed by atoms with van der Waals surface area (Å²) in [6, 6.07) is 14.7. The minimum atomic E-state index is -3.38. The molecule has 128 valence electrons. The van der Waals surface area contributed by atoms with Gasteiger partial charge < -0.3 is 9.84 Å². The van der Waals surface area contributed by atoms with Gasteiger partial charge in [0.2, 0.25) is 10.0 Å². The molecule has 24 heavy (non-hydrogen) atoms. The van der Waals surface area contributed by atoms with Crippen molar-refractivity contribution in [1.82, 2.24) is 0 Å². The molecular formula is C16H17NO6S. The zero-order valence-corrected chi connectivity index (χ0v) is 13.7. The van der Waals surface area contributed by atoms with E-state index in [1.54, 1.807) is 36.4 Å². The van der Waals surface area contributed by atoms with Crippen LogP contribution in [0.4, 0.5) is 0 Å². The van der Waals surface area contributed by atoms with Crippen molar-refractivity contribution in [3.05, 3.63) is 71.3 Å². The smallest absolute Gasteiger partial charge is 0.338 e. The number of ether oxygens (including phenoxy) is 1. The molecule has 0 amide bonds. The lowest BCUT2D eigenvalue weighted by atomic mass is 10.1. The quantitative estimate of drug-likeness (QED) is 0.807. The molecule has 0 spiro atoms. The van der Waals surface area contributed by atoms with E-state index >= 15 is 0 Å². The van der Waals surface area contributed by atoms with Crippen molar-refractivity contribution in [2.24, 2.45) is 5.14 Å². The van der Waals surface area contributed by atoms with Crippen LogP contribution < -0.4 is 5.14 Å². The number of nitrogens with two attached hydrogens (primary N) is 1. The Labute approximate surface area is 139 Å². The van der Waals surface area contributed by atoms with E-state index in [1.165, 1.54) is 19.2 Å². The molecule has 0 radical (unpaired) electrons. The highest BCUT2D eigenvalue weighted by Crippen LogP contribution is 2.09. The molecule has 2 rings (SSSR count). The standard InChI is InChI=1S/C9H8O4.C7H9NO2S/c1-13-9(12)7-5-3-2-4-6(7)8(10)11;8-11(9,10)6-7-4-2-1-3-5-7/h2-5H,1H3,(H,10,11);1-5H,6H2,(H2,8,9,10). The van der Waals surface area contributed by atoms with Crippen molar-refractivity contribution >= 4 is 22.0 Å². The van der Waals surface area contributed by atoms with E-state index in [9.17, 15) is 18.0 Å². The predicted molar refractivity (Wildman–Crippen MR) is 88.0 cm³/mol. The molecule has 0 atom stereocenters. The van der Waals surface area contributed by atoms with Crippen LogP contribution in [-0.2, 0) is 20.5 Å². The third-order valence-electron chi connectivity index (χ3n) is 2.77. The second-order valence-corrected chi connectivity index (χ2v) is 6.25. The van der Waals surface area contributed by atoms with Gasteiger partial charge in [-0.3, -0.25) is 0 Å². The van der Waals surface area contributed by atoms with Crippen molar-refractivity contribution in [1.29, 1.82) is 0 Å². The first kappa shape index (κ1) is 19.3. The number of methoxy groups -OCH3 is 1. The molecule has 7 nitrogen and oxygen atoms in total. The third kappa shape index (κ3) is 6.59. The van der Waals surface area contributed by atoms with Gasteiger partial charge in [-0.05, 0) is 17.7 Å². The van der Waals surface area contributed by atoms with Crippen LogP contribution >= 0.6 is 0 Å². The van der Waals surface area contributed by atoms with Crippen molar-refractivity contribution in [2.45, 2.75) is 5.75 Å². The average molecular weight is 351 g/mol. The van der Waals surface area contributed by atoms with Crippen molar-refractivity contribution in [2.75, 3.05) is 7.11 Å².